The van der Waals surface area contributed by atoms with Crippen LogP contribution in [0.5, 0.6) is 23.8 Å². The molecular formula is C33H9F40N5O4. The van der Waals surface area contributed by atoms with E-state index in [9.17, 15) is 158 Å². The average molecular weight is 1300 g/mol. The SMILES string of the molecule is Fc1c(F)c(-c2nc(OCC(F)(F)C(F)(F)C(F)(F)C(F)(F)F)nc(OCC(F)(F)C(F)(F)C(F)(F)C(F)(F)F)n2)c(F)c(F)c1-c1nc(OCC(F)(F)C(F)(F)C(F)(F)C(F)(F)F)cc(OCC(F)(F)C(F)(F)C(F)(F)C(F)(F)F)n1. The largest absolute Gasteiger partial charge is 0.471 e. The highest BCUT2D eigenvalue weighted by Gasteiger charge is 2.85. The van der Waals surface area contributed by atoms with E-state index in [-0.39, 0.29) is 0 Å². The van der Waals surface area contributed by atoms with Crippen LogP contribution in [0.1, 0.15) is 0 Å². The van der Waals surface area contributed by atoms with E-state index in [1.807, 2.05) is 0 Å². The fourth-order valence-electron chi connectivity index (χ4n) is 4.90. The number of rotatable bonds is 22. The summed E-state index contributed by atoms with van der Waals surface area (Å²) < 4.78 is 560. The summed E-state index contributed by atoms with van der Waals surface area (Å²) in [4.78, 5) is 11.5. The summed E-state index contributed by atoms with van der Waals surface area (Å²) in [6, 6.07) is -6.68. The van der Waals surface area contributed by atoms with Crippen molar-refractivity contribution in [1.29, 1.82) is 0 Å². The molecule has 9 nitrogen and oxygen atoms in total. The van der Waals surface area contributed by atoms with Crippen molar-refractivity contribution in [2.24, 2.45) is 0 Å². The van der Waals surface area contributed by atoms with Gasteiger partial charge in [-0.05, 0) is 0 Å². The molecule has 470 valence electrons. The van der Waals surface area contributed by atoms with Crippen LogP contribution in [0, 0.1) is 23.3 Å². The predicted molar refractivity (Wildman–Crippen MR) is 172 cm³/mol. The molecule has 0 saturated carbocycles. The average Bonchev–Trinajstić information content (AvgIpc) is 3.29. The minimum Gasteiger partial charge on any atom is -0.471 e. The highest BCUT2D eigenvalue weighted by molar-refractivity contribution is 5.67. The molecule has 0 atom stereocenters. The van der Waals surface area contributed by atoms with E-state index in [0.717, 1.165) is 0 Å². The second kappa shape index (κ2) is 20.8. The standard InChI is InChI=1S/C33H9F40N5O4/c34-10-8(14-74-6(79-2-18(38,39)22(46,47)26(54,55)30(62,63)64)1-7(75-14)80-3-19(40,41)23(48,49)27(56,57)31(65,66)67)11(35)13(37)9(12(10)36)15-76-16(81-4-20(42,43)24(50,51)28(58,59)32(68,69)70)78-17(77-15)82-5-21(44,45)25(52,53)29(60,61)33(71,72)73/h1H,2-5H2. The second-order valence-corrected chi connectivity index (χ2v) is 15.2. The molecular weight excluding hydrogens is 1290 g/mol. The van der Waals surface area contributed by atoms with E-state index in [1.165, 1.54) is 0 Å². The maximum absolute atomic E-state index is 15.8. The summed E-state index contributed by atoms with van der Waals surface area (Å²) in [5.74, 6) is -116. The Balaban J connectivity index is 2.41. The van der Waals surface area contributed by atoms with Crippen LogP contribution in [-0.2, 0) is 0 Å². The zero-order valence-electron chi connectivity index (χ0n) is 36.4. The number of hydrogen-bond donors (Lipinski definition) is 0. The molecule has 2 aromatic heterocycles. The Bertz CT molecular complexity index is 2440. The molecule has 0 amide bonds. The highest BCUT2D eigenvalue weighted by Crippen LogP contribution is 2.57. The third-order valence-electron chi connectivity index (χ3n) is 9.39. The molecule has 3 rings (SSSR count). The summed E-state index contributed by atoms with van der Waals surface area (Å²) in [6.45, 7) is -15.3. The van der Waals surface area contributed by atoms with Gasteiger partial charge in [0.05, 0.1) is 17.2 Å². The molecule has 0 aliphatic rings. The predicted octanol–water partition coefficient (Wildman–Crippen LogP) is 13.9. The fourth-order valence-corrected chi connectivity index (χ4v) is 4.90. The van der Waals surface area contributed by atoms with Gasteiger partial charge in [-0.3, -0.25) is 0 Å². The number of benzene rings is 1. The van der Waals surface area contributed by atoms with Crippen LogP contribution in [0.2, 0.25) is 0 Å². The Hall–Kier alpha value is -6.29. The van der Waals surface area contributed by atoms with Crippen LogP contribution in [0.3, 0.4) is 0 Å². The summed E-state index contributed by atoms with van der Waals surface area (Å²) in [6.07, 6.45) is -30.6. The van der Waals surface area contributed by atoms with Crippen molar-refractivity contribution in [3.63, 3.8) is 0 Å². The molecule has 0 aliphatic carbocycles. The third kappa shape index (κ3) is 11.8. The molecule has 0 aliphatic heterocycles. The molecule has 0 saturated heterocycles. The Kier molecular flexibility index (Phi) is 17.7. The van der Waals surface area contributed by atoms with Gasteiger partial charge in [-0.2, -0.15) is 178 Å². The van der Waals surface area contributed by atoms with E-state index in [0.29, 0.717) is 0 Å². The van der Waals surface area contributed by atoms with Crippen LogP contribution < -0.4 is 18.9 Å². The normalized spacial score (nSPS) is 15.0. The highest BCUT2D eigenvalue weighted by atomic mass is 19.5. The molecule has 0 bridgehead atoms. The molecule has 0 spiro atoms. The Morgan fingerprint density at radius 1 is 0.256 bits per heavy atom. The first-order valence-electron chi connectivity index (χ1n) is 18.8. The summed E-state index contributed by atoms with van der Waals surface area (Å²) >= 11 is 0. The van der Waals surface area contributed by atoms with E-state index >= 15 is 17.6 Å². The van der Waals surface area contributed by atoms with Crippen molar-refractivity contribution < 1.29 is 195 Å². The minimum atomic E-state index is -7.87. The number of ether oxygens (including phenoxy) is 4. The van der Waals surface area contributed by atoms with Gasteiger partial charge in [-0.25, -0.2) is 17.6 Å². The first-order chi connectivity index (χ1) is 35.9. The number of halogens is 40. The van der Waals surface area contributed by atoms with Gasteiger partial charge in [-0.1, -0.05) is 0 Å². The molecule has 0 radical (unpaired) electrons. The minimum absolute atomic E-state index is 0.909. The lowest BCUT2D eigenvalue weighted by atomic mass is 10.0. The first-order valence-corrected chi connectivity index (χ1v) is 18.8. The van der Waals surface area contributed by atoms with Crippen molar-refractivity contribution >= 4 is 0 Å². The Morgan fingerprint density at radius 2 is 0.451 bits per heavy atom. The lowest BCUT2D eigenvalue weighted by molar-refractivity contribution is -0.398. The Morgan fingerprint density at radius 3 is 0.659 bits per heavy atom. The zero-order chi connectivity index (χ0) is 64.8. The van der Waals surface area contributed by atoms with Crippen molar-refractivity contribution in [2.45, 2.75) is 95.8 Å². The van der Waals surface area contributed by atoms with Crippen molar-refractivity contribution in [1.82, 2.24) is 24.9 Å². The first kappa shape index (κ1) is 70.0. The van der Waals surface area contributed by atoms with Crippen LogP contribution in [-0.4, -0.2) is 147 Å². The van der Waals surface area contributed by atoms with Crippen molar-refractivity contribution in [3.05, 3.63) is 29.3 Å². The Labute approximate surface area is 418 Å². The summed E-state index contributed by atoms with van der Waals surface area (Å²) in [7, 11) is 0. The topological polar surface area (TPSA) is 101 Å². The van der Waals surface area contributed by atoms with Gasteiger partial charge in [0.25, 0.3) is 0 Å². The molecule has 49 heteroatoms. The van der Waals surface area contributed by atoms with E-state index in [1.54, 1.807) is 0 Å². The smallest absolute Gasteiger partial charge is 0.460 e. The van der Waals surface area contributed by atoms with E-state index in [4.69, 9.17) is 0 Å². The van der Waals surface area contributed by atoms with Crippen LogP contribution in [0.25, 0.3) is 22.8 Å². The summed E-state index contributed by atoms with van der Waals surface area (Å²) in [5.41, 5.74) is -6.14. The number of alkyl halides is 36. The van der Waals surface area contributed by atoms with Gasteiger partial charge in [-0.15, -0.1) is 4.98 Å². The van der Waals surface area contributed by atoms with Gasteiger partial charge in [0.2, 0.25) is 11.8 Å². The van der Waals surface area contributed by atoms with Crippen molar-refractivity contribution in [3.8, 4) is 46.6 Å². The lowest BCUT2D eigenvalue weighted by Gasteiger charge is -2.33. The molecule has 3 aromatic rings. The number of hydrogen-bond acceptors (Lipinski definition) is 9. The fraction of sp³-hybridized carbons (Fsp3) is 0.606. The molecule has 0 fully saturated rings. The maximum atomic E-state index is 15.8. The van der Waals surface area contributed by atoms with Gasteiger partial charge in [0.1, 0.15) is 0 Å². The molecule has 1 aromatic carbocycles. The number of nitrogens with zero attached hydrogens (tertiary/aromatic N) is 5. The third-order valence-corrected chi connectivity index (χ3v) is 9.39. The summed E-state index contributed by atoms with van der Waals surface area (Å²) in [5, 5.41) is 0. The quantitative estimate of drug-likeness (QED) is 0.0719. The van der Waals surface area contributed by atoms with E-state index in [2.05, 4.69) is 43.9 Å². The maximum Gasteiger partial charge on any atom is 0.460 e. The second-order valence-electron chi connectivity index (χ2n) is 15.2. The van der Waals surface area contributed by atoms with Crippen molar-refractivity contribution in [2.75, 3.05) is 26.4 Å². The monoisotopic (exact) mass is 1300 g/mol. The number of aromatic nitrogens is 5. The molecule has 0 unspecified atom stereocenters. The van der Waals surface area contributed by atoms with Gasteiger partial charge >= 0.3 is 108 Å². The van der Waals surface area contributed by atoms with Gasteiger partial charge in [0, 0.05) is 0 Å². The van der Waals surface area contributed by atoms with Crippen LogP contribution in [0.4, 0.5) is 176 Å². The van der Waals surface area contributed by atoms with Gasteiger partial charge in [0.15, 0.2) is 61.3 Å². The zero-order valence-corrected chi connectivity index (χ0v) is 36.4. The molecule has 82 heavy (non-hydrogen) atoms. The molecule has 0 N–H and O–H groups in total. The molecule has 2 heterocycles. The van der Waals surface area contributed by atoms with Gasteiger partial charge < -0.3 is 18.9 Å². The van der Waals surface area contributed by atoms with Crippen LogP contribution >= 0.6 is 0 Å². The van der Waals surface area contributed by atoms with E-state index < -0.39 is 198 Å². The lowest BCUT2D eigenvalue weighted by Crippen LogP contribution is -2.62. The van der Waals surface area contributed by atoms with Crippen LogP contribution in [0.15, 0.2) is 6.07 Å².